The Bertz CT molecular complexity index is 773. The SMILES string of the molecule is C=C1C2CC(O)C3C(C2)(C(=O)OC2CCC(C)(C)C(C=O)C23COC(C)=O)C1O. The maximum Gasteiger partial charge on any atom is 0.315 e. The van der Waals surface area contributed by atoms with E-state index in [0.29, 0.717) is 31.3 Å². The predicted octanol–water partition coefficient (Wildman–Crippen LogP) is 1.40. The topological polar surface area (TPSA) is 110 Å². The molecule has 160 valence electrons. The Balaban J connectivity index is 1.95. The van der Waals surface area contributed by atoms with Gasteiger partial charge in [-0.25, -0.2) is 0 Å². The average Bonchev–Trinajstić information content (AvgIpc) is 2.83. The molecule has 7 heteroatoms. The number of carbonyl (C=O) groups is 3. The number of ether oxygens (including phenoxy) is 2. The molecule has 4 fully saturated rings. The fraction of sp³-hybridized carbons (Fsp3) is 0.773. The van der Waals surface area contributed by atoms with Gasteiger partial charge in [-0.05, 0) is 42.6 Å². The minimum absolute atomic E-state index is 0.138. The molecule has 0 amide bonds. The molecule has 7 nitrogen and oxygen atoms in total. The largest absolute Gasteiger partial charge is 0.465 e. The van der Waals surface area contributed by atoms with Gasteiger partial charge in [0.1, 0.15) is 24.4 Å². The lowest BCUT2D eigenvalue weighted by Crippen LogP contribution is -2.72. The lowest BCUT2D eigenvalue weighted by Gasteiger charge is -2.64. The molecular weight excluding hydrogens is 376 g/mol. The second-order valence-corrected chi connectivity index (χ2v) is 10.1. The Kier molecular flexibility index (Phi) is 4.52. The van der Waals surface area contributed by atoms with Crippen molar-refractivity contribution in [3.8, 4) is 0 Å². The van der Waals surface area contributed by atoms with Crippen LogP contribution in [0, 0.1) is 34.0 Å². The Labute approximate surface area is 170 Å². The van der Waals surface area contributed by atoms with Crippen LogP contribution in [0.1, 0.15) is 46.5 Å². The molecule has 1 saturated heterocycles. The van der Waals surface area contributed by atoms with Gasteiger partial charge in [0.05, 0.1) is 17.6 Å². The fourth-order valence-electron chi connectivity index (χ4n) is 7.13. The number of esters is 2. The van der Waals surface area contributed by atoms with Crippen molar-refractivity contribution in [3.05, 3.63) is 12.2 Å². The van der Waals surface area contributed by atoms with Gasteiger partial charge in [-0.15, -0.1) is 0 Å². The monoisotopic (exact) mass is 406 g/mol. The molecule has 1 aliphatic heterocycles. The zero-order valence-electron chi connectivity index (χ0n) is 17.2. The highest BCUT2D eigenvalue weighted by molar-refractivity contribution is 5.82. The van der Waals surface area contributed by atoms with E-state index in [0.717, 1.165) is 6.29 Å². The molecule has 4 rings (SSSR count). The van der Waals surface area contributed by atoms with E-state index in [9.17, 15) is 24.6 Å². The summed E-state index contributed by atoms with van der Waals surface area (Å²) in [6.07, 6.45) is -0.0598. The Morgan fingerprint density at radius 1 is 1.38 bits per heavy atom. The number of aliphatic hydroxyl groups is 2. The van der Waals surface area contributed by atoms with Crippen LogP contribution >= 0.6 is 0 Å². The van der Waals surface area contributed by atoms with Gasteiger partial charge in [-0.3, -0.25) is 9.59 Å². The molecule has 3 aliphatic carbocycles. The second-order valence-electron chi connectivity index (χ2n) is 10.1. The molecule has 3 saturated carbocycles. The third-order valence-electron chi connectivity index (χ3n) is 8.35. The van der Waals surface area contributed by atoms with E-state index in [1.807, 2.05) is 13.8 Å². The summed E-state index contributed by atoms with van der Waals surface area (Å²) in [6.45, 7) is 9.08. The first-order chi connectivity index (χ1) is 13.5. The third kappa shape index (κ3) is 2.46. The predicted molar refractivity (Wildman–Crippen MR) is 101 cm³/mol. The van der Waals surface area contributed by atoms with Crippen LogP contribution in [0.5, 0.6) is 0 Å². The van der Waals surface area contributed by atoms with E-state index in [1.165, 1.54) is 6.92 Å². The number of aliphatic hydroxyl groups excluding tert-OH is 2. The van der Waals surface area contributed by atoms with Crippen LogP contribution in [-0.4, -0.2) is 53.4 Å². The Morgan fingerprint density at radius 2 is 2.07 bits per heavy atom. The van der Waals surface area contributed by atoms with Crippen LogP contribution in [0.3, 0.4) is 0 Å². The number of hydrogen-bond acceptors (Lipinski definition) is 7. The van der Waals surface area contributed by atoms with Gasteiger partial charge in [-0.1, -0.05) is 20.4 Å². The molecule has 1 heterocycles. The quantitative estimate of drug-likeness (QED) is 0.414. The summed E-state index contributed by atoms with van der Waals surface area (Å²) in [5.74, 6) is -2.60. The van der Waals surface area contributed by atoms with Gasteiger partial charge >= 0.3 is 11.9 Å². The van der Waals surface area contributed by atoms with Crippen LogP contribution in [0.25, 0.3) is 0 Å². The smallest absolute Gasteiger partial charge is 0.315 e. The van der Waals surface area contributed by atoms with Crippen molar-refractivity contribution in [2.24, 2.45) is 34.0 Å². The van der Waals surface area contributed by atoms with Crippen LogP contribution < -0.4 is 0 Å². The van der Waals surface area contributed by atoms with Crippen molar-refractivity contribution in [2.75, 3.05) is 6.61 Å². The summed E-state index contributed by atoms with van der Waals surface area (Å²) in [4.78, 5) is 37.5. The minimum Gasteiger partial charge on any atom is -0.465 e. The maximum atomic E-state index is 13.3. The highest BCUT2D eigenvalue weighted by atomic mass is 16.6. The molecule has 1 spiro atoms. The van der Waals surface area contributed by atoms with E-state index in [2.05, 4.69) is 6.58 Å². The zero-order chi connectivity index (χ0) is 21.4. The van der Waals surface area contributed by atoms with Crippen molar-refractivity contribution >= 4 is 18.2 Å². The normalized spacial score (nSPS) is 47.6. The summed E-state index contributed by atoms with van der Waals surface area (Å²) < 4.78 is 11.4. The molecule has 0 aromatic rings. The maximum absolute atomic E-state index is 13.3. The van der Waals surface area contributed by atoms with Gasteiger partial charge in [-0.2, -0.15) is 0 Å². The van der Waals surface area contributed by atoms with Gasteiger partial charge < -0.3 is 24.5 Å². The summed E-state index contributed by atoms with van der Waals surface area (Å²) in [5, 5.41) is 22.4. The lowest BCUT2D eigenvalue weighted by atomic mass is 9.43. The molecule has 0 radical (unpaired) electrons. The second kappa shape index (κ2) is 6.38. The highest BCUT2D eigenvalue weighted by Gasteiger charge is 2.77. The van der Waals surface area contributed by atoms with E-state index in [1.54, 1.807) is 0 Å². The van der Waals surface area contributed by atoms with Crippen molar-refractivity contribution in [1.82, 2.24) is 0 Å². The van der Waals surface area contributed by atoms with Crippen molar-refractivity contribution in [1.29, 1.82) is 0 Å². The summed E-state index contributed by atoms with van der Waals surface area (Å²) in [5.41, 5.74) is -2.38. The molecule has 29 heavy (non-hydrogen) atoms. The van der Waals surface area contributed by atoms with Crippen molar-refractivity contribution in [2.45, 2.75) is 64.8 Å². The van der Waals surface area contributed by atoms with Crippen LogP contribution in [-0.2, 0) is 23.9 Å². The first-order valence-electron chi connectivity index (χ1n) is 10.4. The number of aldehydes is 1. The van der Waals surface area contributed by atoms with E-state index < -0.39 is 58.3 Å². The van der Waals surface area contributed by atoms with Crippen LogP contribution in [0.15, 0.2) is 12.2 Å². The van der Waals surface area contributed by atoms with E-state index >= 15 is 0 Å². The van der Waals surface area contributed by atoms with Gasteiger partial charge in [0.25, 0.3) is 0 Å². The number of carbonyl (C=O) groups excluding carboxylic acids is 3. The van der Waals surface area contributed by atoms with E-state index in [-0.39, 0.29) is 12.5 Å². The standard InChI is InChI=1S/C22H30O7/c1-11-13-7-14(25)17-21(8-13,18(11)26)19(27)29-16-5-6-20(3,4)15(9-23)22(16,17)10-28-12(2)24/h9,13-18,25-26H,1,5-8,10H2,2-4H3. The van der Waals surface area contributed by atoms with Gasteiger partial charge in [0, 0.05) is 18.8 Å². The molecule has 0 aromatic heterocycles. The Morgan fingerprint density at radius 3 is 2.69 bits per heavy atom. The van der Waals surface area contributed by atoms with Crippen LogP contribution in [0.2, 0.25) is 0 Å². The minimum atomic E-state index is -1.37. The molecule has 4 aliphatic rings. The first-order valence-corrected chi connectivity index (χ1v) is 10.4. The molecule has 8 atom stereocenters. The van der Waals surface area contributed by atoms with Crippen molar-refractivity contribution in [3.63, 3.8) is 0 Å². The first kappa shape index (κ1) is 20.5. The molecule has 2 bridgehead atoms. The summed E-state index contributed by atoms with van der Waals surface area (Å²) in [7, 11) is 0. The molecule has 0 aromatic carbocycles. The Hall–Kier alpha value is -1.73. The average molecular weight is 406 g/mol. The number of fused-ring (bicyclic) bond motifs is 3. The molecular formula is C22H30O7. The van der Waals surface area contributed by atoms with Crippen LogP contribution in [0.4, 0.5) is 0 Å². The molecule has 8 unspecified atom stereocenters. The van der Waals surface area contributed by atoms with Crippen molar-refractivity contribution < 1.29 is 34.1 Å². The number of rotatable bonds is 3. The summed E-state index contributed by atoms with van der Waals surface area (Å²) >= 11 is 0. The highest BCUT2D eigenvalue weighted by Crippen LogP contribution is 2.69. The molecule has 2 N–H and O–H groups in total. The van der Waals surface area contributed by atoms with E-state index in [4.69, 9.17) is 9.47 Å². The third-order valence-corrected chi connectivity index (χ3v) is 8.35. The zero-order valence-corrected chi connectivity index (χ0v) is 17.2. The van der Waals surface area contributed by atoms with Gasteiger partial charge in [0.2, 0.25) is 0 Å². The lowest BCUT2D eigenvalue weighted by molar-refractivity contribution is -0.273. The number of hydrogen-bond donors (Lipinski definition) is 2. The van der Waals surface area contributed by atoms with Gasteiger partial charge in [0.15, 0.2) is 0 Å². The summed E-state index contributed by atoms with van der Waals surface area (Å²) in [6, 6.07) is 0. The fourth-order valence-corrected chi connectivity index (χ4v) is 7.13.